The highest BCUT2D eigenvalue weighted by atomic mass is 32.2. The lowest BCUT2D eigenvalue weighted by molar-refractivity contribution is -0.142. The zero-order valence-corrected chi connectivity index (χ0v) is 22.4. The van der Waals surface area contributed by atoms with E-state index in [0.717, 1.165) is 25.7 Å². The highest BCUT2D eigenvalue weighted by molar-refractivity contribution is 7.89. The van der Waals surface area contributed by atoms with Crippen molar-refractivity contribution < 1.29 is 22.7 Å². The van der Waals surface area contributed by atoms with Crippen molar-refractivity contribution in [1.29, 1.82) is 0 Å². The molecule has 0 bridgehead atoms. The van der Waals surface area contributed by atoms with Gasteiger partial charge in [-0.2, -0.15) is 4.31 Å². The molecule has 36 heavy (non-hydrogen) atoms. The van der Waals surface area contributed by atoms with Crippen LogP contribution in [0.25, 0.3) is 0 Å². The van der Waals surface area contributed by atoms with Crippen LogP contribution in [0, 0.1) is 5.92 Å². The molecule has 2 heterocycles. The fraction of sp³-hybridized carbons (Fsp3) is 0.560. The molecule has 2 aromatic rings. The summed E-state index contributed by atoms with van der Waals surface area (Å²) in [6.45, 7) is 3.79. The van der Waals surface area contributed by atoms with Gasteiger partial charge in [-0.3, -0.25) is 9.59 Å². The molecule has 196 valence electrons. The van der Waals surface area contributed by atoms with Crippen molar-refractivity contribution in [2.24, 2.45) is 5.92 Å². The topological polar surface area (TPSA) is 109 Å². The van der Waals surface area contributed by atoms with Crippen LogP contribution in [0.3, 0.4) is 0 Å². The third kappa shape index (κ3) is 6.43. The average molecular weight is 535 g/mol. The largest absolute Gasteiger partial charge is 0.491 e. The average Bonchev–Trinajstić information content (AvgIpc) is 3.36. The van der Waals surface area contributed by atoms with Crippen molar-refractivity contribution in [1.82, 2.24) is 14.2 Å². The molecule has 11 heteroatoms. The van der Waals surface area contributed by atoms with Crippen molar-refractivity contribution >= 4 is 38.3 Å². The van der Waals surface area contributed by atoms with E-state index in [1.54, 1.807) is 28.6 Å². The van der Waals surface area contributed by atoms with Crippen molar-refractivity contribution in [3.63, 3.8) is 0 Å². The summed E-state index contributed by atoms with van der Waals surface area (Å²) in [7, 11) is -3.86. The van der Waals surface area contributed by atoms with Crippen molar-refractivity contribution in [3.05, 3.63) is 35.8 Å². The molecular weight excluding hydrogens is 500 g/mol. The number of amides is 2. The van der Waals surface area contributed by atoms with Gasteiger partial charge in [0.1, 0.15) is 11.8 Å². The number of aromatic nitrogens is 1. The SMILES string of the molecule is CC(C)Oc1ccc(S(=O)(=O)N2CCN(C(CC3CCCCC3)C(=O)Nc3nccs3)C(=O)C2)cc1. The normalized spacial score (nSPS) is 18.9. The zero-order valence-electron chi connectivity index (χ0n) is 20.8. The molecule has 1 aliphatic heterocycles. The van der Waals surface area contributed by atoms with Crippen LogP contribution in [0.15, 0.2) is 40.7 Å². The van der Waals surface area contributed by atoms with Gasteiger partial charge in [0.25, 0.3) is 0 Å². The van der Waals surface area contributed by atoms with Gasteiger partial charge in [-0.25, -0.2) is 13.4 Å². The van der Waals surface area contributed by atoms with Crippen molar-refractivity contribution in [2.75, 3.05) is 25.0 Å². The van der Waals surface area contributed by atoms with Gasteiger partial charge >= 0.3 is 0 Å². The molecule has 1 aromatic heterocycles. The summed E-state index contributed by atoms with van der Waals surface area (Å²) in [4.78, 5) is 32.3. The molecule has 2 amide bonds. The second kappa shape index (κ2) is 11.7. The van der Waals surface area contributed by atoms with Gasteiger partial charge in [-0.1, -0.05) is 32.1 Å². The molecule has 1 saturated carbocycles. The molecule has 1 N–H and O–H groups in total. The van der Waals surface area contributed by atoms with E-state index >= 15 is 0 Å². The molecular formula is C25H34N4O5S2. The van der Waals surface area contributed by atoms with Gasteiger partial charge in [0.05, 0.1) is 17.5 Å². The number of sulfonamides is 1. The Labute approximate surface area is 216 Å². The van der Waals surface area contributed by atoms with Crippen molar-refractivity contribution in [3.8, 4) is 5.75 Å². The third-order valence-electron chi connectivity index (χ3n) is 6.68. The molecule has 2 fully saturated rings. The number of ether oxygens (including phenoxy) is 1. The number of benzene rings is 1. The predicted octanol–water partition coefficient (Wildman–Crippen LogP) is 3.74. The van der Waals surface area contributed by atoms with Gasteiger partial charge in [0.2, 0.25) is 21.8 Å². The van der Waals surface area contributed by atoms with E-state index in [4.69, 9.17) is 4.74 Å². The molecule has 1 aromatic carbocycles. The molecule has 0 radical (unpaired) electrons. The van der Waals surface area contributed by atoms with Crippen LogP contribution in [-0.4, -0.2) is 66.2 Å². The first-order valence-corrected chi connectivity index (χ1v) is 14.8. The van der Waals surface area contributed by atoms with Gasteiger partial charge in [-0.05, 0) is 50.5 Å². The number of thiazole rings is 1. The minimum atomic E-state index is -3.86. The Morgan fingerprint density at radius 3 is 2.50 bits per heavy atom. The summed E-state index contributed by atoms with van der Waals surface area (Å²) in [5.74, 6) is 0.328. The van der Waals surface area contributed by atoms with Crippen LogP contribution in [0.1, 0.15) is 52.4 Å². The first-order valence-electron chi connectivity index (χ1n) is 12.5. The van der Waals surface area contributed by atoms with E-state index in [0.29, 0.717) is 23.2 Å². The Hall–Kier alpha value is -2.50. The first-order chi connectivity index (χ1) is 17.2. The van der Waals surface area contributed by atoms with Crippen LogP contribution in [0.2, 0.25) is 0 Å². The van der Waals surface area contributed by atoms with E-state index < -0.39 is 16.1 Å². The number of nitrogens with one attached hydrogen (secondary N) is 1. The number of rotatable bonds is 9. The summed E-state index contributed by atoms with van der Waals surface area (Å²) in [5, 5.41) is 5.12. The Morgan fingerprint density at radius 1 is 1.17 bits per heavy atom. The minimum Gasteiger partial charge on any atom is -0.491 e. The van der Waals surface area contributed by atoms with Crippen LogP contribution in [0.4, 0.5) is 5.13 Å². The lowest BCUT2D eigenvalue weighted by atomic mass is 9.84. The number of hydrogen-bond acceptors (Lipinski definition) is 7. The monoisotopic (exact) mass is 534 g/mol. The van der Waals surface area contributed by atoms with Gasteiger partial charge < -0.3 is 15.0 Å². The van der Waals surface area contributed by atoms with E-state index in [1.165, 1.54) is 34.2 Å². The highest BCUT2D eigenvalue weighted by Crippen LogP contribution is 2.30. The van der Waals surface area contributed by atoms with Crippen LogP contribution < -0.4 is 10.1 Å². The number of nitrogens with zero attached hydrogens (tertiary/aromatic N) is 3. The summed E-state index contributed by atoms with van der Waals surface area (Å²) in [6.07, 6.45) is 7.72. The smallest absolute Gasteiger partial charge is 0.248 e. The Balaban J connectivity index is 1.47. The fourth-order valence-electron chi connectivity index (χ4n) is 4.90. The molecule has 4 rings (SSSR count). The van der Waals surface area contributed by atoms with Crippen LogP contribution in [-0.2, 0) is 19.6 Å². The minimum absolute atomic E-state index is 0.0208. The Bertz CT molecular complexity index is 1130. The second-order valence-corrected chi connectivity index (χ2v) is 12.5. The van der Waals surface area contributed by atoms with Crippen LogP contribution >= 0.6 is 11.3 Å². The van der Waals surface area contributed by atoms with Gasteiger partial charge in [0, 0.05) is 24.7 Å². The number of carbonyl (C=O) groups is 2. The molecule has 1 saturated heterocycles. The maximum Gasteiger partial charge on any atom is 0.248 e. The maximum atomic E-state index is 13.3. The molecule has 1 aliphatic carbocycles. The Kier molecular flexibility index (Phi) is 8.63. The van der Waals surface area contributed by atoms with Gasteiger partial charge in [0.15, 0.2) is 5.13 Å². The third-order valence-corrected chi connectivity index (χ3v) is 9.23. The predicted molar refractivity (Wildman–Crippen MR) is 138 cm³/mol. The van der Waals surface area contributed by atoms with E-state index in [1.807, 2.05) is 13.8 Å². The fourth-order valence-corrected chi connectivity index (χ4v) is 6.81. The van der Waals surface area contributed by atoms with Crippen LogP contribution in [0.5, 0.6) is 5.75 Å². The lowest BCUT2D eigenvalue weighted by Crippen LogP contribution is -2.58. The number of hydrogen-bond donors (Lipinski definition) is 1. The zero-order chi connectivity index (χ0) is 25.7. The quantitative estimate of drug-likeness (QED) is 0.525. The molecule has 1 unspecified atom stereocenters. The summed E-state index contributed by atoms with van der Waals surface area (Å²) in [5.41, 5.74) is 0. The standard InChI is InChI=1S/C25H34N4O5S2/c1-18(2)34-20-8-10-21(11-9-20)36(32,33)28-13-14-29(23(30)17-28)22(16-19-6-4-3-5-7-19)24(31)27-25-26-12-15-35-25/h8-12,15,18-19,22H,3-7,13-14,16-17H2,1-2H3,(H,26,27,31). The number of anilines is 1. The molecule has 9 nitrogen and oxygen atoms in total. The van der Waals surface area contributed by atoms with E-state index in [-0.39, 0.29) is 42.4 Å². The molecule has 1 atom stereocenters. The van der Waals surface area contributed by atoms with E-state index in [2.05, 4.69) is 10.3 Å². The summed E-state index contributed by atoms with van der Waals surface area (Å²) < 4.78 is 33.3. The van der Waals surface area contributed by atoms with Crippen molar-refractivity contribution in [2.45, 2.75) is 69.4 Å². The summed E-state index contributed by atoms with van der Waals surface area (Å²) in [6, 6.07) is 5.58. The first kappa shape index (κ1) is 26.6. The second-order valence-electron chi connectivity index (χ2n) is 9.65. The lowest BCUT2D eigenvalue weighted by Gasteiger charge is -2.39. The highest BCUT2D eigenvalue weighted by Gasteiger charge is 2.39. The number of piperazine rings is 1. The molecule has 2 aliphatic rings. The van der Waals surface area contributed by atoms with E-state index in [9.17, 15) is 18.0 Å². The maximum absolute atomic E-state index is 13.3. The Morgan fingerprint density at radius 2 is 1.89 bits per heavy atom. The van der Waals surface area contributed by atoms with Gasteiger partial charge in [-0.15, -0.1) is 11.3 Å². The summed E-state index contributed by atoms with van der Waals surface area (Å²) >= 11 is 1.32. The molecule has 0 spiro atoms. The number of carbonyl (C=O) groups excluding carboxylic acids is 2.